The van der Waals surface area contributed by atoms with Gasteiger partial charge in [-0.3, -0.25) is 14.8 Å². The number of carbonyl (C=O) groups is 1. The van der Waals surface area contributed by atoms with E-state index in [1.807, 2.05) is 4.90 Å². The first-order valence-corrected chi connectivity index (χ1v) is 18.0. The van der Waals surface area contributed by atoms with Gasteiger partial charge in [-0.2, -0.15) is 9.97 Å². The fraction of sp³-hybridized carbons (Fsp3) is 0.500. The van der Waals surface area contributed by atoms with E-state index in [1.54, 1.807) is 49.9 Å². The first kappa shape index (κ1) is 35.1. The molecule has 2 unspecified atom stereocenters. The molecule has 4 aromatic rings. The molecule has 5 heterocycles. The summed E-state index contributed by atoms with van der Waals surface area (Å²) in [6.45, 7) is 17.5. The minimum atomic E-state index is -0.716. The Morgan fingerprint density at radius 1 is 1.12 bits per heavy atom. The molecule has 2 aromatic heterocycles. The number of rotatable bonds is 7. The number of anilines is 1. The molecule has 0 aliphatic carbocycles. The van der Waals surface area contributed by atoms with Crippen LogP contribution in [0.25, 0.3) is 37.8 Å². The Labute approximate surface area is 301 Å². The quantitative estimate of drug-likeness (QED) is 0.178. The lowest BCUT2D eigenvalue weighted by Gasteiger charge is -2.40. The summed E-state index contributed by atoms with van der Waals surface area (Å²) in [6.07, 6.45) is 6.31. The molecule has 0 spiro atoms. The highest BCUT2D eigenvalue weighted by atomic mass is 35.5. The van der Waals surface area contributed by atoms with Gasteiger partial charge in [0, 0.05) is 42.8 Å². The molecule has 3 saturated heterocycles. The predicted octanol–water partition coefficient (Wildman–Crippen LogP) is 7.91. The van der Waals surface area contributed by atoms with Crippen molar-refractivity contribution in [2.75, 3.05) is 44.2 Å². The number of benzene rings is 2. The van der Waals surface area contributed by atoms with Crippen LogP contribution in [0.4, 0.5) is 19.4 Å². The van der Waals surface area contributed by atoms with Gasteiger partial charge in [0.1, 0.15) is 41.1 Å². The fourth-order valence-electron chi connectivity index (χ4n) is 8.13. The fourth-order valence-corrected chi connectivity index (χ4v) is 8.41. The van der Waals surface area contributed by atoms with Gasteiger partial charge in [0.05, 0.1) is 15.9 Å². The molecule has 7 rings (SSSR count). The number of nitrogens with zero attached hydrogens (tertiary/aromatic N) is 7. The number of aromatic nitrogens is 3. The number of hydrogen-bond donors (Lipinski definition) is 0. The van der Waals surface area contributed by atoms with Crippen molar-refractivity contribution in [1.29, 1.82) is 0 Å². The van der Waals surface area contributed by atoms with Gasteiger partial charge in [0.15, 0.2) is 5.82 Å². The molecule has 1 amide bonds. The van der Waals surface area contributed by atoms with Crippen molar-refractivity contribution in [1.82, 2.24) is 24.8 Å². The van der Waals surface area contributed by atoms with Crippen molar-refractivity contribution in [3.05, 3.63) is 64.6 Å². The monoisotopic (exact) mass is 717 g/mol. The number of piperazine rings is 1. The summed E-state index contributed by atoms with van der Waals surface area (Å²) in [7, 11) is 0. The molecule has 51 heavy (non-hydrogen) atoms. The maximum absolute atomic E-state index is 16.9. The average Bonchev–Trinajstić information content (AvgIpc) is 3.67. The predicted molar refractivity (Wildman–Crippen MR) is 193 cm³/mol. The SMILES string of the molecule is [C-]#[N+]C[C@H]1CN(c2nc(OCC34CCCN3C(CC)CC4)nc3c(F)c(-c4cccc5ccc(F)c(Cl)c45)ncc23)CCN1C(=O)OC(C)(C)C. The van der Waals surface area contributed by atoms with E-state index in [9.17, 15) is 9.18 Å². The summed E-state index contributed by atoms with van der Waals surface area (Å²) in [6, 6.07) is 8.11. The third kappa shape index (κ3) is 6.51. The van der Waals surface area contributed by atoms with Crippen LogP contribution in [-0.4, -0.2) is 93.4 Å². The van der Waals surface area contributed by atoms with Gasteiger partial charge in [-0.1, -0.05) is 42.8 Å². The standard InChI is InChI=1S/C38H42ClF2N7O3/c1-6-24-13-15-38(14-8-16-48(24)38)22-50-35-44-33-27(20-43-32(31(33)41)26-10-7-9-23-11-12-28(40)30(39)29(23)26)34(45-35)46-17-18-47(25(21-46)19-42-5)36(49)51-37(2,3)4/h7,9-12,20,24-25H,6,8,13-19,21-22H2,1-4H3/t24?,25-,38?/m0/s1. The third-order valence-corrected chi connectivity index (χ3v) is 10.9. The van der Waals surface area contributed by atoms with E-state index in [1.165, 1.54) is 12.3 Å². The van der Waals surface area contributed by atoms with Gasteiger partial charge in [-0.15, -0.1) is 0 Å². The Morgan fingerprint density at radius 3 is 2.71 bits per heavy atom. The first-order valence-electron chi connectivity index (χ1n) is 17.6. The number of halogens is 3. The lowest BCUT2D eigenvalue weighted by molar-refractivity contribution is 0.0155. The molecule has 3 aliphatic heterocycles. The first-order chi connectivity index (χ1) is 24.4. The van der Waals surface area contributed by atoms with Crippen LogP contribution < -0.4 is 9.64 Å². The van der Waals surface area contributed by atoms with Crippen LogP contribution in [0, 0.1) is 18.2 Å². The molecule has 3 fully saturated rings. The van der Waals surface area contributed by atoms with E-state index >= 15 is 4.39 Å². The van der Waals surface area contributed by atoms with Crippen LogP contribution >= 0.6 is 11.6 Å². The van der Waals surface area contributed by atoms with Crippen LogP contribution in [0.5, 0.6) is 6.01 Å². The van der Waals surface area contributed by atoms with E-state index in [2.05, 4.69) is 26.6 Å². The summed E-state index contributed by atoms with van der Waals surface area (Å²) in [5, 5.41) is 1.22. The smallest absolute Gasteiger partial charge is 0.410 e. The molecule has 0 bridgehead atoms. The zero-order valence-electron chi connectivity index (χ0n) is 29.4. The van der Waals surface area contributed by atoms with E-state index in [0.717, 1.165) is 38.6 Å². The summed E-state index contributed by atoms with van der Waals surface area (Å²) in [5.74, 6) is -0.936. The largest absolute Gasteiger partial charge is 0.461 e. The second-order valence-electron chi connectivity index (χ2n) is 14.8. The molecule has 13 heteroatoms. The van der Waals surface area contributed by atoms with Crippen molar-refractivity contribution in [3.63, 3.8) is 0 Å². The minimum Gasteiger partial charge on any atom is -0.461 e. The summed E-state index contributed by atoms with van der Waals surface area (Å²) in [4.78, 5) is 36.9. The van der Waals surface area contributed by atoms with Gasteiger partial charge in [-0.25, -0.2) is 20.1 Å². The lowest BCUT2D eigenvalue weighted by Crippen LogP contribution is -2.57. The Hall–Kier alpha value is -4.34. The Morgan fingerprint density at radius 2 is 1.94 bits per heavy atom. The van der Waals surface area contributed by atoms with Gasteiger partial charge in [0.2, 0.25) is 6.54 Å². The highest BCUT2D eigenvalue weighted by molar-refractivity contribution is 6.36. The molecule has 10 nitrogen and oxygen atoms in total. The van der Waals surface area contributed by atoms with Gasteiger partial charge >= 0.3 is 12.1 Å². The topological polar surface area (TPSA) is 88.3 Å². The third-order valence-electron chi connectivity index (χ3n) is 10.5. The van der Waals surface area contributed by atoms with E-state index < -0.39 is 29.4 Å². The number of fused-ring (bicyclic) bond motifs is 3. The van der Waals surface area contributed by atoms with Gasteiger partial charge < -0.3 is 19.2 Å². The van der Waals surface area contributed by atoms with E-state index in [0.29, 0.717) is 46.7 Å². The van der Waals surface area contributed by atoms with Gasteiger partial charge in [0.25, 0.3) is 0 Å². The zero-order valence-corrected chi connectivity index (χ0v) is 30.1. The zero-order chi connectivity index (χ0) is 36.1. The number of hydrogen-bond acceptors (Lipinski definition) is 8. The van der Waals surface area contributed by atoms with Crippen molar-refractivity contribution in [3.8, 4) is 17.3 Å². The molecule has 0 N–H and O–H groups in total. The van der Waals surface area contributed by atoms with Crippen molar-refractivity contribution >= 4 is 45.2 Å². The van der Waals surface area contributed by atoms with Crippen LogP contribution in [0.3, 0.4) is 0 Å². The maximum Gasteiger partial charge on any atom is 0.410 e. The van der Waals surface area contributed by atoms with Crippen LogP contribution in [-0.2, 0) is 4.74 Å². The number of ether oxygens (including phenoxy) is 2. The second kappa shape index (κ2) is 13.7. The molecule has 268 valence electrons. The number of carbonyl (C=O) groups excluding carboxylic acids is 1. The summed E-state index contributed by atoms with van der Waals surface area (Å²) in [5.41, 5.74) is -0.514. The maximum atomic E-state index is 16.9. The minimum absolute atomic E-state index is 0.000496. The number of pyridine rings is 1. The highest BCUT2D eigenvalue weighted by Gasteiger charge is 2.49. The van der Waals surface area contributed by atoms with Crippen molar-refractivity contribution < 1.29 is 23.0 Å². The molecule has 3 atom stereocenters. The second-order valence-corrected chi connectivity index (χ2v) is 15.2. The normalized spacial score (nSPS) is 22.4. The average molecular weight is 718 g/mol. The van der Waals surface area contributed by atoms with Crippen molar-refractivity contribution in [2.24, 2.45) is 0 Å². The molecule has 0 saturated carbocycles. The van der Waals surface area contributed by atoms with E-state index in [4.69, 9.17) is 32.6 Å². The summed E-state index contributed by atoms with van der Waals surface area (Å²) >= 11 is 6.44. The molecular weight excluding hydrogens is 676 g/mol. The summed E-state index contributed by atoms with van der Waals surface area (Å²) < 4.78 is 43.7. The van der Waals surface area contributed by atoms with Crippen LogP contribution in [0.2, 0.25) is 5.02 Å². The lowest BCUT2D eigenvalue weighted by atomic mass is 9.95. The Kier molecular flexibility index (Phi) is 9.39. The van der Waals surface area contributed by atoms with Crippen LogP contribution in [0.1, 0.15) is 59.8 Å². The highest BCUT2D eigenvalue weighted by Crippen LogP contribution is 2.44. The molecule has 3 aliphatic rings. The Bertz CT molecular complexity index is 2040. The van der Waals surface area contributed by atoms with Crippen molar-refractivity contribution in [2.45, 2.75) is 83.0 Å². The van der Waals surface area contributed by atoms with Crippen LogP contribution in [0.15, 0.2) is 36.5 Å². The Balaban J connectivity index is 1.31. The molecule has 2 aromatic carbocycles. The molecular formula is C38H42ClF2N7O3. The molecule has 0 radical (unpaired) electrons. The number of amides is 1. The van der Waals surface area contributed by atoms with Gasteiger partial charge in [-0.05, 0) is 70.9 Å². The van der Waals surface area contributed by atoms with E-state index in [-0.39, 0.29) is 47.4 Å².